The minimum atomic E-state index is 0.237. The molecule has 0 aliphatic heterocycles. The van der Waals surface area contributed by atoms with Gasteiger partial charge in [0.05, 0.1) is 0 Å². The molecule has 0 atom stereocenters. The predicted octanol–water partition coefficient (Wildman–Crippen LogP) is 3.02. The summed E-state index contributed by atoms with van der Waals surface area (Å²) >= 11 is 0. The Morgan fingerprint density at radius 3 is 2.00 bits per heavy atom. The highest BCUT2D eigenvalue weighted by Gasteiger charge is 2.18. The third-order valence-corrected chi connectivity index (χ3v) is 3.17. The molecule has 0 unspecified atom stereocenters. The maximum absolute atomic E-state index is 12.1. The third-order valence-electron chi connectivity index (χ3n) is 3.17. The first kappa shape index (κ1) is 9.34. The van der Waals surface area contributed by atoms with Crippen molar-refractivity contribution < 1.29 is 4.79 Å². The Labute approximate surface area is 94.7 Å². The van der Waals surface area contributed by atoms with Gasteiger partial charge in [-0.2, -0.15) is 0 Å². The van der Waals surface area contributed by atoms with Crippen molar-refractivity contribution in [3.63, 3.8) is 0 Å². The van der Waals surface area contributed by atoms with Crippen molar-refractivity contribution in [1.82, 2.24) is 0 Å². The molecule has 0 saturated heterocycles. The molecule has 78 valence electrons. The molecule has 16 heavy (non-hydrogen) atoms. The van der Waals surface area contributed by atoms with E-state index >= 15 is 0 Å². The summed E-state index contributed by atoms with van der Waals surface area (Å²) in [5.41, 5.74) is 4.49. The van der Waals surface area contributed by atoms with E-state index in [0.717, 1.165) is 17.5 Å². The van der Waals surface area contributed by atoms with Crippen LogP contribution in [0.2, 0.25) is 0 Å². The van der Waals surface area contributed by atoms with E-state index in [2.05, 4.69) is 18.2 Å². The largest absolute Gasteiger partial charge is 0.294 e. The lowest BCUT2D eigenvalue weighted by atomic mass is 10.0. The second-order valence-corrected chi connectivity index (χ2v) is 4.20. The van der Waals surface area contributed by atoms with E-state index in [4.69, 9.17) is 0 Å². The Balaban J connectivity index is 2.18. The summed E-state index contributed by atoms with van der Waals surface area (Å²) < 4.78 is 0. The van der Waals surface area contributed by atoms with E-state index in [-0.39, 0.29) is 5.78 Å². The van der Waals surface area contributed by atoms with Crippen molar-refractivity contribution in [1.29, 1.82) is 0 Å². The summed E-state index contributed by atoms with van der Waals surface area (Å²) in [6.07, 6.45) is 1.41. The monoisotopic (exact) mass is 208 g/mol. The van der Waals surface area contributed by atoms with Crippen molar-refractivity contribution in [2.45, 2.75) is 12.8 Å². The molecule has 0 bridgehead atoms. The van der Waals surface area contributed by atoms with Crippen LogP contribution in [0.4, 0.5) is 0 Å². The lowest BCUT2D eigenvalue weighted by molar-refractivity contribution is 0.0993. The van der Waals surface area contributed by atoms with Gasteiger partial charge in [-0.25, -0.2) is 0 Å². The number of carbonyl (C=O) groups is 1. The lowest BCUT2D eigenvalue weighted by Gasteiger charge is -2.04. The second kappa shape index (κ2) is 3.60. The van der Waals surface area contributed by atoms with E-state index in [9.17, 15) is 4.79 Å². The predicted molar refractivity (Wildman–Crippen MR) is 63.7 cm³/mol. The molecule has 0 aromatic heterocycles. The van der Waals surface area contributed by atoms with E-state index < -0.39 is 0 Å². The number of fused-ring (bicyclic) bond motifs is 2. The zero-order valence-corrected chi connectivity index (χ0v) is 8.94. The Kier molecular flexibility index (Phi) is 2.10. The average Bonchev–Trinajstić information content (AvgIpc) is 2.45. The SMILES string of the molecule is O=C1Cc2ccccc2Cc2ccccc21. The highest BCUT2D eigenvalue weighted by atomic mass is 16.1. The van der Waals surface area contributed by atoms with Gasteiger partial charge in [-0.3, -0.25) is 4.79 Å². The van der Waals surface area contributed by atoms with Crippen LogP contribution in [0, 0.1) is 0 Å². The molecule has 0 radical (unpaired) electrons. The Hall–Kier alpha value is -1.89. The maximum Gasteiger partial charge on any atom is 0.167 e. The molecule has 1 aliphatic carbocycles. The van der Waals surface area contributed by atoms with Crippen LogP contribution < -0.4 is 0 Å². The van der Waals surface area contributed by atoms with Gasteiger partial charge in [0.2, 0.25) is 0 Å². The summed E-state index contributed by atoms with van der Waals surface area (Å²) in [6.45, 7) is 0. The zero-order chi connectivity index (χ0) is 11.0. The van der Waals surface area contributed by atoms with Crippen LogP contribution in [0.1, 0.15) is 27.0 Å². The smallest absolute Gasteiger partial charge is 0.167 e. The zero-order valence-electron chi connectivity index (χ0n) is 8.94. The highest BCUT2D eigenvalue weighted by Crippen LogP contribution is 2.23. The first-order chi connectivity index (χ1) is 7.84. The number of carbonyl (C=O) groups excluding carboxylic acids is 1. The van der Waals surface area contributed by atoms with E-state index in [1.165, 1.54) is 11.1 Å². The summed E-state index contributed by atoms with van der Waals surface area (Å²) in [7, 11) is 0. The van der Waals surface area contributed by atoms with Crippen molar-refractivity contribution in [2.24, 2.45) is 0 Å². The molecule has 1 aliphatic rings. The van der Waals surface area contributed by atoms with Gasteiger partial charge in [-0.1, -0.05) is 48.5 Å². The molecule has 0 heterocycles. The molecule has 0 fully saturated rings. The van der Waals surface area contributed by atoms with E-state index in [1.807, 2.05) is 30.3 Å². The number of Topliss-reactive ketones (excluding diaryl/α,β-unsaturated/α-hetero) is 1. The molecule has 2 aromatic carbocycles. The first-order valence-electron chi connectivity index (χ1n) is 5.52. The number of rotatable bonds is 0. The molecular weight excluding hydrogens is 196 g/mol. The van der Waals surface area contributed by atoms with Crippen LogP contribution in [0.15, 0.2) is 48.5 Å². The number of hydrogen-bond acceptors (Lipinski definition) is 1. The van der Waals surface area contributed by atoms with Crippen molar-refractivity contribution >= 4 is 5.78 Å². The number of benzene rings is 2. The van der Waals surface area contributed by atoms with Gasteiger partial charge in [0.1, 0.15) is 0 Å². The summed E-state index contributed by atoms with van der Waals surface area (Å²) in [4.78, 5) is 12.1. The summed E-state index contributed by atoms with van der Waals surface area (Å²) in [5.74, 6) is 0.237. The van der Waals surface area contributed by atoms with Crippen LogP contribution in [0.25, 0.3) is 0 Å². The third kappa shape index (κ3) is 1.45. The topological polar surface area (TPSA) is 17.1 Å². The summed E-state index contributed by atoms with van der Waals surface area (Å²) in [6, 6.07) is 16.1. The van der Waals surface area contributed by atoms with Gasteiger partial charge in [-0.15, -0.1) is 0 Å². The van der Waals surface area contributed by atoms with Gasteiger partial charge in [0, 0.05) is 12.0 Å². The molecular formula is C15H12O. The normalized spacial score (nSPS) is 13.9. The van der Waals surface area contributed by atoms with Gasteiger partial charge in [-0.05, 0) is 23.1 Å². The van der Waals surface area contributed by atoms with E-state index in [1.54, 1.807) is 0 Å². The Morgan fingerprint density at radius 1 is 0.688 bits per heavy atom. The summed E-state index contributed by atoms with van der Waals surface area (Å²) in [5, 5.41) is 0. The minimum absolute atomic E-state index is 0.237. The quantitative estimate of drug-likeness (QED) is 0.650. The van der Waals surface area contributed by atoms with Crippen molar-refractivity contribution in [3.8, 4) is 0 Å². The molecule has 0 amide bonds. The first-order valence-corrected chi connectivity index (χ1v) is 5.52. The Bertz CT molecular complexity index is 555. The van der Waals surface area contributed by atoms with E-state index in [0.29, 0.717) is 6.42 Å². The van der Waals surface area contributed by atoms with Crippen LogP contribution >= 0.6 is 0 Å². The van der Waals surface area contributed by atoms with Crippen LogP contribution in [-0.2, 0) is 12.8 Å². The highest BCUT2D eigenvalue weighted by molar-refractivity contribution is 5.99. The van der Waals surface area contributed by atoms with Gasteiger partial charge in [0.15, 0.2) is 5.78 Å². The van der Waals surface area contributed by atoms with Crippen LogP contribution in [0.5, 0.6) is 0 Å². The van der Waals surface area contributed by atoms with Crippen molar-refractivity contribution in [3.05, 3.63) is 70.8 Å². The minimum Gasteiger partial charge on any atom is -0.294 e. The molecule has 2 aromatic rings. The fourth-order valence-electron chi connectivity index (χ4n) is 2.32. The molecule has 3 rings (SSSR count). The number of ketones is 1. The van der Waals surface area contributed by atoms with Crippen molar-refractivity contribution in [2.75, 3.05) is 0 Å². The van der Waals surface area contributed by atoms with Gasteiger partial charge >= 0.3 is 0 Å². The molecule has 0 saturated carbocycles. The van der Waals surface area contributed by atoms with Crippen LogP contribution in [-0.4, -0.2) is 5.78 Å². The molecule has 0 spiro atoms. The van der Waals surface area contributed by atoms with Gasteiger partial charge in [0.25, 0.3) is 0 Å². The average molecular weight is 208 g/mol. The standard InChI is InChI=1S/C15H12O/c16-15-10-12-6-2-1-5-11(12)9-13-7-3-4-8-14(13)15/h1-8H,9-10H2. The maximum atomic E-state index is 12.1. The fraction of sp³-hybridized carbons (Fsp3) is 0.133. The molecule has 1 nitrogen and oxygen atoms in total. The number of hydrogen-bond donors (Lipinski definition) is 0. The fourth-order valence-corrected chi connectivity index (χ4v) is 2.32. The van der Waals surface area contributed by atoms with Crippen LogP contribution in [0.3, 0.4) is 0 Å². The molecule has 1 heteroatoms. The van der Waals surface area contributed by atoms with Gasteiger partial charge < -0.3 is 0 Å². The second-order valence-electron chi connectivity index (χ2n) is 4.20. The Morgan fingerprint density at radius 2 is 1.25 bits per heavy atom. The lowest BCUT2D eigenvalue weighted by Crippen LogP contribution is -2.03. The molecule has 0 N–H and O–H groups in total.